The molecule has 1 atom stereocenters. The Kier molecular flexibility index (Phi) is 5.97. The molecule has 0 saturated carbocycles. The van der Waals surface area contributed by atoms with Crippen LogP contribution in [0.5, 0.6) is 0 Å². The van der Waals surface area contributed by atoms with Crippen molar-refractivity contribution in [3.8, 4) is 0 Å². The van der Waals surface area contributed by atoms with E-state index in [1.165, 1.54) is 5.69 Å². The second kappa shape index (κ2) is 6.76. The van der Waals surface area contributed by atoms with Crippen molar-refractivity contribution in [1.29, 1.82) is 0 Å². The van der Waals surface area contributed by atoms with Crippen LogP contribution in [0.25, 0.3) is 0 Å². The zero-order valence-electron chi connectivity index (χ0n) is 10.9. The summed E-state index contributed by atoms with van der Waals surface area (Å²) < 4.78 is 3.00. The van der Waals surface area contributed by atoms with Gasteiger partial charge in [-0.3, -0.25) is 4.68 Å². The van der Waals surface area contributed by atoms with E-state index in [4.69, 9.17) is 11.6 Å². The minimum atomic E-state index is 0.360. The Morgan fingerprint density at radius 1 is 1.47 bits per heavy atom. The maximum atomic E-state index is 5.97. The van der Waals surface area contributed by atoms with Crippen molar-refractivity contribution in [2.75, 3.05) is 5.88 Å². The van der Waals surface area contributed by atoms with E-state index in [2.05, 4.69) is 40.2 Å². The Balaban J connectivity index is 2.59. The first kappa shape index (κ1) is 15.0. The summed E-state index contributed by atoms with van der Waals surface area (Å²) in [6.45, 7) is 7.22. The lowest BCUT2D eigenvalue weighted by molar-refractivity contribution is 0.438. The molecular weight excluding hydrogens is 302 g/mol. The third kappa shape index (κ3) is 4.27. The van der Waals surface area contributed by atoms with E-state index in [0.29, 0.717) is 17.8 Å². The van der Waals surface area contributed by atoms with Crippen molar-refractivity contribution in [2.24, 2.45) is 13.0 Å². The van der Waals surface area contributed by atoms with Crippen LogP contribution in [0.3, 0.4) is 0 Å². The summed E-state index contributed by atoms with van der Waals surface area (Å²) in [6.07, 6.45) is 1.10. The minimum Gasteiger partial charge on any atom is -0.307 e. The van der Waals surface area contributed by atoms with E-state index in [1.807, 2.05) is 18.7 Å². The third-order valence-electron chi connectivity index (χ3n) is 2.76. The summed E-state index contributed by atoms with van der Waals surface area (Å²) in [7, 11) is 1.97. The van der Waals surface area contributed by atoms with Crippen LogP contribution >= 0.6 is 27.5 Å². The summed E-state index contributed by atoms with van der Waals surface area (Å²) in [6, 6.07) is 0.360. The molecule has 98 valence electrons. The second-order valence-electron chi connectivity index (χ2n) is 4.83. The quantitative estimate of drug-likeness (QED) is 0.815. The SMILES string of the molecule is Cc1nn(C)c(CNC(CCl)CC(C)C)c1Br. The van der Waals surface area contributed by atoms with Gasteiger partial charge in [-0.2, -0.15) is 5.10 Å². The average molecular weight is 323 g/mol. The van der Waals surface area contributed by atoms with Gasteiger partial charge in [0.15, 0.2) is 0 Å². The van der Waals surface area contributed by atoms with Crippen LogP contribution in [-0.4, -0.2) is 21.7 Å². The molecule has 0 bridgehead atoms. The molecule has 3 nitrogen and oxygen atoms in total. The molecule has 1 aromatic rings. The molecular formula is C12H21BrClN3. The van der Waals surface area contributed by atoms with Crippen molar-refractivity contribution < 1.29 is 0 Å². The molecule has 0 spiro atoms. The van der Waals surface area contributed by atoms with Crippen LogP contribution in [0.1, 0.15) is 31.7 Å². The van der Waals surface area contributed by atoms with Crippen LogP contribution in [0.4, 0.5) is 0 Å². The molecule has 0 saturated heterocycles. The van der Waals surface area contributed by atoms with E-state index >= 15 is 0 Å². The topological polar surface area (TPSA) is 29.9 Å². The summed E-state index contributed by atoms with van der Waals surface area (Å²) in [5, 5.41) is 7.86. The highest BCUT2D eigenvalue weighted by Crippen LogP contribution is 2.20. The van der Waals surface area contributed by atoms with Crippen LogP contribution in [0, 0.1) is 12.8 Å². The standard InChI is InChI=1S/C12H21BrClN3/c1-8(2)5-10(6-14)15-7-11-12(13)9(3)16-17(11)4/h8,10,15H,5-7H2,1-4H3. The molecule has 0 radical (unpaired) electrons. The number of aromatic nitrogens is 2. The molecule has 0 fully saturated rings. The van der Waals surface area contributed by atoms with Gasteiger partial charge in [-0.05, 0) is 35.2 Å². The Labute approximate surface area is 117 Å². The molecule has 1 rings (SSSR count). The first-order chi connectivity index (χ1) is 7.95. The summed E-state index contributed by atoms with van der Waals surface area (Å²) in [4.78, 5) is 0. The molecule has 0 aliphatic rings. The van der Waals surface area contributed by atoms with Gasteiger partial charge < -0.3 is 5.32 Å². The van der Waals surface area contributed by atoms with Gasteiger partial charge >= 0.3 is 0 Å². The molecule has 5 heteroatoms. The highest BCUT2D eigenvalue weighted by molar-refractivity contribution is 9.10. The Bertz CT molecular complexity index is 363. The van der Waals surface area contributed by atoms with Crippen molar-refractivity contribution in [3.63, 3.8) is 0 Å². The number of aryl methyl sites for hydroxylation is 2. The fourth-order valence-corrected chi connectivity index (χ4v) is 2.59. The second-order valence-corrected chi connectivity index (χ2v) is 5.93. The fraction of sp³-hybridized carbons (Fsp3) is 0.750. The number of hydrogen-bond acceptors (Lipinski definition) is 2. The van der Waals surface area contributed by atoms with Crippen LogP contribution in [0.2, 0.25) is 0 Å². The first-order valence-corrected chi connectivity index (χ1v) is 7.25. The molecule has 0 aliphatic heterocycles. The Morgan fingerprint density at radius 2 is 2.12 bits per heavy atom. The number of halogens is 2. The highest BCUT2D eigenvalue weighted by Gasteiger charge is 2.13. The van der Waals surface area contributed by atoms with Crippen LogP contribution < -0.4 is 5.32 Å². The normalized spacial score (nSPS) is 13.4. The fourth-order valence-electron chi connectivity index (χ4n) is 1.88. The lowest BCUT2D eigenvalue weighted by Gasteiger charge is -2.18. The van der Waals surface area contributed by atoms with Crippen LogP contribution in [0.15, 0.2) is 4.47 Å². The molecule has 1 unspecified atom stereocenters. The monoisotopic (exact) mass is 321 g/mol. The van der Waals surface area contributed by atoms with Gasteiger partial charge in [-0.1, -0.05) is 13.8 Å². The molecule has 1 aromatic heterocycles. The number of hydrogen-bond donors (Lipinski definition) is 1. The predicted octanol–water partition coefficient (Wildman–Crippen LogP) is 3.23. The summed E-state index contributed by atoms with van der Waals surface area (Å²) >= 11 is 9.53. The van der Waals surface area contributed by atoms with Gasteiger partial charge in [0.1, 0.15) is 0 Å². The lowest BCUT2D eigenvalue weighted by atomic mass is 10.1. The van der Waals surface area contributed by atoms with Crippen molar-refractivity contribution in [1.82, 2.24) is 15.1 Å². The first-order valence-electron chi connectivity index (χ1n) is 5.93. The third-order valence-corrected chi connectivity index (χ3v) is 4.17. The van der Waals surface area contributed by atoms with E-state index in [1.54, 1.807) is 0 Å². The van der Waals surface area contributed by atoms with Gasteiger partial charge in [-0.25, -0.2) is 0 Å². The molecule has 1 heterocycles. The number of rotatable bonds is 6. The highest BCUT2D eigenvalue weighted by atomic mass is 79.9. The number of nitrogens with one attached hydrogen (secondary N) is 1. The number of nitrogens with zero attached hydrogens (tertiary/aromatic N) is 2. The van der Waals surface area contributed by atoms with Crippen LogP contribution in [-0.2, 0) is 13.6 Å². The molecule has 0 aromatic carbocycles. The van der Waals surface area contributed by atoms with Crippen molar-refractivity contribution in [2.45, 2.75) is 39.8 Å². The van der Waals surface area contributed by atoms with Gasteiger partial charge in [0, 0.05) is 25.5 Å². The lowest BCUT2D eigenvalue weighted by Crippen LogP contribution is -2.32. The maximum absolute atomic E-state index is 5.97. The van der Waals surface area contributed by atoms with Gasteiger partial charge in [-0.15, -0.1) is 11.6 Å². The van der Waals surface area contributed by atoms with Crippen molar-refractivity contribution in [3.05, 3.63) is 15.9 Å². The predicted molar refractivity (Wildman–Crippen MR) is 76.4 cm³/mol. The largest absolute Gasteiger partial charge is 0.307 e. The van der Waals surface area contributed by atoms with Crippen molar-refractivity contribution >= 4 is 27.5 Å². The smallest absolute Gasteiger partial charge is 0.0739 e. The van der Waals surface area contributed by atoms with Gasteiger partial charge in [0.05, 0.1) is 15.9 Å². The van der Waals surface area contributed by atoms with E-state index in [9.17, 15) is 0 Å². The van der Waals surface area contributed by atoms with Gasteiger partial charge in [0.25, 0.3) is 0 Å². The Morgan fingerprint density at radius 3 is 2.53 bits per heavy atom. The van der Waals surface area contributed by atoms with E-state index in [0.717, 1.165) is 23.1 Å². The number of alkyl halides is 1. The minimum absolute atomic E-state index is 0.360. The summed E-state index contributed by atoms with van der Waals surface area (Å²) in [5.41, 5.74) is 2.19. The molecule has 1 N–H and O–H groups in total. The van der Waals surface area contributed by atoms with E-state index < -0.39 is 0 Å². The van der Waals surface area contributed by atoms with Gasteiger partial charge in [0.2, 0.25) is 0 Å². The van der Waals surface area contributed by atoms with E-state index in [-0.39, 0.29) is 0 Å². The maximum Gasteiger partial charge on any atom is 0.0739 e. The zero-order chi connectivity index (χ0) is 13.0. The zero-order valence-corrected chi connectivity index (χ0v) is 13.3. The molecule has 0 aliphatic carbocycles. The molecule has 17 heavy (non-hydrogen) atoms. The molecule has 0 amide bonds. The average Bonchev–Trinajstić information content (AvgIpc) is 2.49. The summed E-state index contributed by atoms with van der Waals surface area (Å²) in [5.74, 6) is 1.30. The Hall–Kier alpha value is -0.0600.